The summed E-state index contributed by atoms with van der Waals surface area (Å²) in [4.78, 5) is 98.1. The number of rotatable bonds is 38. The fraction of sp³-hybridized carbons (Fsp3) is 0.536. The van der Waals surface area contributed by atoms with Crippen molar-refractivity contribution in [2.45, 2.75) is 156 Å². The lowest BCUT2D eigenvalue weighted by Gasteiger charge is -2.39. The van der Waals surface area contributed by atoms with Gasteiger partial charge in [-0.15, -0.1) is 5.10 Å². The summed E-state index contributed by atoms with van der Waals surface area (Å²) in [6.45, 7) is 18.3. The Balaban J connectivity index is 0.633. The smallest absolute Gasteiger partial charge is 0.328 e. The van der Waals surface area contributed by atoms with Gasteiger partial charge in [0.2, 0.25) is 23.6 Å². The highest BCUT2D eigenvalue weighted by atomic mass is 28.3. The van der Waals surface area contributed by atoms with E-state index in [1.165, 1.54) is 30.1 Å². The number of carbonyl (C=O) groups excluding carboxylic acids is 7. The summed E-state index contributed by atoms with van der Waals surface area (Å²) >= 11 is 0. The number of aliphatic hydroxyl groups excluding tert-OH is 1. The van der Waals surface area contributed by atoms with Crippen LogP contribution in [0.3, 0.4) is 0 Å². The average Bonchev–Trinajstić information content (AvgIpc) is 1.63. The van der Waals surface area contributed by atoms with Gasteiger partial charge < -0.3 is 65.0 Å². The Morgan fingerprint density at radius 3 is 2.27 bits per heavy atom. The normalized spacial score (nSPS) is 15.0. The first-order valence-corrected chi connectivity index (χ1v) is 37.2. The Hall–Kier alpha value is -8.90. The predicted molar refractivity (Wildman–Crippen MR) is 363 cm³/mol. The van der Waals surface area contributed by atoms with Gasteiger partial charge in [-0.05, 0) is 130 Å². The van der Waals surface area contributed by atoms with E-state index in [1.54, 1.807) is 52.3 Å². The number of carbonyl (C=O) groups is 7. The average molecular weight is 1370 g/mol. The number of anilines is 1. The molecule has 528 valence electrons. The second kappa shape index (κ2) is 34.0. The molecule has 5 heterocycles. The van der Waals surface area contributed by atoms with Crippen LogP contribution in [-0.4, -0.2) is 183 Å². The van der Waals surface area contributed by atoms with E-state index in [9.17, 15) is 38.7 Å². The van der Waals surface area contributed by atoms with Crippen molar-refractivity contribution in [3.8, 4) is 28.5 Å². The summed E-state index contributed by atoms with van der Waals surface area (Å²) in [6, 6.07) is 17.7. The number of pyridine rings is 1. The molecular formula is C69H94N14O14Si. The van der Waals surface area contributed by atoms with E-state index in [1.807, 2.05) is 63.6 Å². The molecule has 29 heteroatoms. The van der Waals surface area contributed by atoms with Crippen LogP contribution in [0.2, 0.25) is 25.7 Å². The molecule has 3 atom stereocenters. The van der Waals surface area contributed by atoms with Gasteiger partial charge in [0.25, 0.3) is 17.7 Å². The van der Waals surface area contributed by atoms with Gasteiger partial charge in [-0.2, -0.15) is 10.2 Å². The van der Waals surface area contributed by atoms with Crippen molar-refractivity contribution in [1.29, 1.82) is 0 Å². The molecule has 2 saturated carbocycles. The van der Waals surface area contributed by atoms with Gasteiger partial charge in [-0.1, -0.05) is 63.8 Å². The van der Waals surface area contributed by atoms with Gasteiger partial charge in [-0.3, -0.25) is 33.4 Å². The van der Waals surface area contributed by atoms with Crippen molar-refractivity contribution < 1.29 is 67.1 Å². The minimum atomic E-state index is -1.21. The molecule has 1 unspecified atom stereocenters. The summed E-state index contributed by atoms with van der Waals surface area (Å²) in [5.74, 6) is -1.15. The highest BCUT2D eigenvalue weighted by molar-refractivity contribution is 6.76. The molecule has 0 spiro atoms. The highest BCUT2D eigenvalue weighted by Gasteiger charge is 2.48. The number of ether oxygens (including phenoxy) is 6. The zero-order valence-corrected chi connectivity index (χ0v) is 58.5. The molecule has 3 aliphatic rings. The lowest BCUT2D eigenvalue weighted by Crippen LogP contribution is -2.57. The summed E-state index contributed by atoms with van der Waals surface area (Å²) in [5, 5.41) is 41.8. The molecule has 98 heavy (non-hydrogen) atoms. The fourth-order valence-electron chi connectivity index (χ4n) is 11.4. The number of methoxy groups -OCH3 is 1. The molecule has 6 amide bonds. The maximum absolute atomic E-state index is 14.3. The van der Waals surface area contributed by atoms with Crippen LogP contribution in [0.4, 0.5) is 5.69 Å². The van der Waals surface area contributed by atoms with E-state index in [4.69, 9.17) is 33.5 Å². The lowest BCUT2D eigenvalue weighted by molar-refractivity contribution is -0.151. The van der Waals surface area contributed by atoms with Crippen LogP contribution in [0.25, 0.3) is 11.1 Å². The number of esters is 1. The summed E-state index contributed by atoms with van der Waals surface area (Å²) in [7, 11) is 0.0641. The number of benzene rings is 2. The first kappa shape index (κ1) is 73.3. The van der Waals surface area contributed by atoms with E-state index in [0.29, 0.717) is 79.6 Å². The quantitative estimate of drug-likeness (QED) is 0.0142. The molecule has 4 aromatic heterocycles. The van der Waals surface area contributed by atoms with Crippen molar-refractivity contribution in [3.05, 3.63) is 114 Å². The van der Waals surface area contributed by atoms with Crippen LogP contribution >= 0.6 is 0 Å². The number of aromatic nitrogens is 8. The van der Waals surface area contributed by atoms with Gasteiger partial charge in [-0.25, -0.2) is 19.1 Å². The lowest BCUT2D eigenvalue weighted by atomic mass is 9.88. The molecule has 1 saturated heterocycles. The topological polar surface area (TPSA) is 338 Å². The molecule has 28 nitrogen and oxygen atoms in total. The standard InChI is InChI=1S/C69H94N14O14Si/c1-44-62(45(2)83(78-44)43-93-30-31-98(7,8)9)46-18-21-50(22-19-46)74-67(90)64(63(47-14-15-47)48-16-17-48)76-66(89)57-25-28-72-82(57)29-11-27-70-58(85)37-81-34-51(77-79-81)39-94-42-61(87)80-35-55(36-80)95-40-52(38-84)73-59(86)41-96-53-12-10-13-54(32-53)97-60-23-20-49(33-71-60)65(88)75-56(68(91)92-6)24-26-69(3,4)5/h10,12-13,18-23,25,28,32-34,47-48,52,55-56,63-64,84H,11,14-17,24,26-27,29-31,35-43H2,1-9H3,(H,70,85)(H,73,86)(H,74,90)(H,75,88)(H,76,89)/t52?,56-,64-/m0/s1. The molecule has 2 aromatic carbocycles. The van der Waals surface area contributed by atoms with Crippen molar-refractivity contribution in [2.24, 2.45) is 23.2 Å². The minimum Gasteiger partial charge on any atom is -0.484 e. The Morgan fingerprint density at radius 2 is 1.58 bits per heavy atom. The SMILES string of the molecule is COC(=O)[C@H](CCC(C)(C)C)NC(=O)c1ccc(Oc2cccc(OCC(=O)NC(CO)COC3CN(C(=O)COCc4cn(CC(=O)NCCCn5nccc5C(=O)N[C@H](C(=O)Nc5ccc(-c6c(C)nn(COCC[Si](C)(C)C)c6C)cc5)C(C5CC5)C5CC5)nn4)C3)c2)nc1. The number of aryl methyl sites for hydroxylation is 2. The number of aliphatic hydroxyl groups is 1. The number of nitrogens with one attached hydrogen (secondary N) is 5. The zero-order chi connectivity index (χ0) is 70.1. The van der Waals surface area contributed by atoms with Crippen LogP contribution in [0, 0.1) is 37.0 Å². The highest BCUT2D eigenvalue weighted by Crippen LogP contribution is 2.51. The molecule has 9 rings (SSSR count). The molecule has 6 N–H and O–H groups in total. The summed E-state index contributed by atoms with van der Waals surface area (Å²) in [6.07, 6.45) is 9.78. The van der Waals surface area contributed by atoms with E-state index >= 15 is 0 Å². The minimum absolute atomic E-state index is 0.0132. The van der Waals surface area contributed by atoms with Crippen molar-refractivity contribution >= 4 is 55.2 Å². The van der Waals surface area contributed by atoms with Gasteiger partial charge in [0.05, 0.1) is 56.5 Å². The van der Waals surface area contributed by atoms with Crippen LogP contribution in [0.5, 0.6) is 17.4 Å². The van der Waals surface area contributed by atoms with Crippen molar-refractivity contribution in [3.63, 3.8) is 0 Å². The zero-order valence-electron chi connectivity index (χ0n) is 57.5. The first-order chi connectivity index (χ1) is 46.9. The van der Waals surface area contributed by atoms with Crippen LogP contribution < -0.4 is 36.1 Å². The number of nitrogens with zero attached hydrogens (tertiary/aromatic N) is 9. The Bertz CT molecular complexity index is 3670. The van der Waals surface area contributed by atoms with Crippen LogP contribution in [0.1, 0.15) is 104 Å². The number of hydrogen-bond donors (Lipinski definition) is 6. The van der Waals surface area contributed by atoms with Gasteiger partial charge >= 0.3 is 5.97 Å². The molecule has 0 bridgehead atoms. The summed E-state index contributed by atoms with van der Waals surface area (Å²) in [5.41, 5.74) is 5.46. The first-order valence-electron chi connectivity index (χ1n) is 33.5. The predicted octanol–water partition coefficient (Wildman–Crippen LogP) is 6.23. The molecule has 2 aliphatic carbocycles. The van der Waals surface area contributed by atoms with E-state index in [2.05, 4.69) is 66.6 Å². The van der Waals surface area contributed by atoms with Gasteiger partial charge in [0, 0.05) is 82.3 Å². The Morgan fingerprint density at radius 1 is 0.837 bits per heavy atom. The molecule has 3 fully saturated rings. The second-order valence-corrected chi connectivity index (χ2v) is 33.4. The van der Waals surface area contributed by atoms with Crippen LogP contribution in [0.15, 0.2) is 85.3 Å². The number of hydrogen-bond acceptors (Lipinski definition) is 19. The Labute approximate surface area is 571 Å². The third-order valence-corrected chi connectivity index (χ3v) is 18.9. The molecule has 6 aromatic rings. The second-order valence-electron chi connectivity index (χ2n) is 27.8. The fourth-order valence-corrected chi connectivity index (χ4v) is 12.2. The van der Waals surface area contributed by atoms with Crippen molar-refractivity contribution in [1.82, 2.24) is 65.7 Å². The van der Waals surface area contributed by atoms with Gasteiger partial charge in [0.1, 0.15) is 54.9 Å². The number of amides is 6. The van der Waals surface area contributed by atoms with Crippen LogP contribution in [-0.2, 0) is 69.3 Å². The third-order valence-electron chi connectivity index (χ3n) is 17.2. The molecule has 0 radical (unpaired) electrons. The van der Waals surface area contributed by atoms with E-state index < -0.39 is 56.5 Å². The molecule has 1 aliphatic heterocycles. The van der Waals surface area contributed by atoms with E-state index in [0.717, 1.165) is 54.2 Å². The Kier molecular flexibility index (Phi) is 25.5. The maximum atomic E-state index is 14.3. The maximum Gasteiger partial charge on any atom is 0.328 e. The monoisotopic (exact) mass is 1370 g/mol. The van der Waals surface area contributed by atoms with E-state index in [-0.39, 0.29) is 99.2 Å². The third kappa shape index (κ3) is 22.1. The van der Waals surface area contributed by atoms with Gasteiger partial charge in [0.15, 0.2) is 6.61 Å². The largest absolute Gasteiger partial charge is 0.484 e. The van der Waals surface area contributed by atoms with Crippen molar-refractivity contribution in [2.75, 3.05) is 65.1 Å². The molecular weight excluding hydrogens is 1280 g/mol. The summed E-state index contributed by atoms with van der Waals surface area (Å²) < 4.78 is 38.8. The number of likely N-dealkylation sites (tertiary alicyclic amines) is 1.